The number of nitrogens with one attached hydrogen (secondary N) is 2. The maximum Gasteiger partial charge on any atom is 0.346 e. The molecule has 160 valence electrons. The Bertz CT molecular complexity index is 1170. The third kappa shape index (κ3) is 4.86. The molecule has 8 nitrogen and oxygen atoms in total. The molecule has 0 saturated heterocycles. The monoisotopic (exact) mass is 439 g/mol. The van der Waals surface area contributed by atoms with Crippen molar-refractivity contribution in [1.29, 1.82) is 0 Å². The van der Waals surface area contributed by atoms with Gasteiger partial charge in [-0.25, -0.2) is 9.48 Å². The molecule has 0 aliphatic carbocycles. The molecule has 1 aliphatic heterocycles. The molecule has 0 fully saturated rings. The van der Waals surface area contributed by atoms with Gasteiger partial charge in [0.1, 0.15) is 12.4 Å². The van der Waals surface area contributed by atoms with Gasteiger partial charge in [-0.3, -0.25) is 14.2 Å². The zero-order chi connectivity index (χ0) is 21.8. The summed E-state index contributed by atoms with van der Waals surface area (Å²) in [6.07, 6.45) is 3.72. The lowest BCUT2D eigenvalue weighted by Gasteiger charge is -2.11. The molecule has 1 aliphatic rings. The second kappa shape index (κ2) is 9.18. The predicted octanol–water partition coefficient (Wildman–Crippen LogP) is 3.32. The average Bonchev–Trinajstić information content (AvgIpc) is 2.92. The van der Waals surface area contributed by atoms with Gasteiger partial charge in [0.2, 0.25) is 5.91 Å². The minimum absolute atomic E-state index is 0.216. The van der Waals surface area contributed by atoms with Crippen LogP contribution in [-0.4, -0.2) is 26.2 Å². The number of fused-ring (bicyclic) bond motifs is 1. The topological polar surface area (TPSA) is 98.0 Å². The Labute approximate surface area is 183 Å². The van der Waals surface area contributed by atoms with Crippen molar-refractivity contribution in [2.24, 2.45) is 0 Å². The van der Waals surface area contributed by atoms with Crippen molar-refractivity contribution in [2.75, 3.05) is 10.6 Å². The average molecular weight is 440 g/mol. The number of aryl methyl sites for hydroxylation is 1. The highest BCUT2D eigenvalue weighted by Gasteiger charge is 2.18. The Morgan fingerprint density at radius 3 is 2.58 bits per heavy atom. The standard InChI is InChI=1S/C22H22ClN5O3/c23-15-9-11-16(12-10-15)24-21(30)17-6-3-4-7-18(17)25-20(29)14-28-22(31)27-13-5-1-2-8-19(27)26-28/h3-4,6-7,9-12H,1-2,5,8,13-14H2,(H,24,30)(H,25,29). The third-order valence-corrected chi connectivity index (χ3v) is 5.37. The smallest absolute Gasteiger partial charge is 0.324 e. The summed E-state index contributed by atoms with van der Waals surface area (Å²) in [4.78, 5) is 37.9. The Morgan fingerprint density at radius 2 is 1.77 bits per heavy atom. The van der Waals surface area contributed by atoms with Crippen molar-refractivity contribution in [3.63, 3.8) is 0 Å². The van der Waals surface area contributed by atoms with Gasteiger partial charge in [-0.1, -0.05) is 30.2 Å². The maximum atomic E-state index is 12.7. The number of hydrogen-bond donors (Lipinski definition) is 2. The Hall–Kier alpha value is -3.39. The van der Waals surface area contributed by atoms with E-state index in [9.17, 15) is 14.4 Å². The lowest BCUT2D eigenvalue weighted by Crippen LogP contribution is -2.30. The van der Waals surface area contributed by atoms with E-state index < -0.39 is 5.91 Å². The molecule has 1 aromatic heterocycles. The highest BCUT2D eigenvalue weighted by Crippen LogP contribution is 2.19. The molecule has 0 saturated carbocycles. The highest BCUT2D eigenvalue weighted by atomic mass is 35.5. The van der Waals surface area contributed by atoms with Gasteiger partial charge in [-0.05, 0) is 49.2 Å². The van der Waals surface area contributed by atoms with Gasteiger partial charge in [-0.15, -0.1) is 0 Å². The number of para-hydroxylation sites is 1. The first-order chi connectivity index (χ1) is 15.0. The first-order valence-corrected chi connectivity index (χ1v) is 10.5. The van der Waals surface area contributed by atoms with E-state index in [0.29, 0.717) is 28.5 Å². The number of rotatable bonds is 5. The number of anilines is 2. The molecule has 0 spiro atoms. The van der Waals surface area contributed by atoms with Gasteiger partial charge in [-0.2, -0.15) is 5.10 Å². The van der Waals surface area contributed by atoms with Crippen molar-refractivity contribution < 1.29 is 9.59 Å². The van der Waals surface area contributed by atoms with Gasteiger partial charge >= 0.3 is 5.69 Å². The number of carbonyl (C=O) groups excluding carboxylic acids is 2. The molecule has 2 aromatic carbocycles. The van der Waals surface area contributed by atoms with Crippen molar-refractivity contribution in [3.8, 4) is 0 Å². The fourth-order valence-electron chi connectivity index (χ4n) is 3.58. The summed E-state index contributed by atoms with van der Waals surface area (Å²) in [5, 5.41) is 10.4. The van der Waals surface area contributed by atoms with Crippen molar-refractivity contribution in [1.82, 2.24) is 14.3 Å². The Kier molecular flexibility index (Phi) is 6.18. The summed E-state index contributed by atoms with van der Waals surface area (Å²) in [5.41, 5.74) is 0.967. The van der Waals surface area contributed by atoms with Crippen LogP contribution in [0.25, 0.3) is 0 Å². The van der Waals surface area contributed by atoms with Gasteiger partial charge in [0.05, 0.1) is 11.3 Å². The fraction of sp³-hybridized carbons (Fsp3) is 0.273. The van der Waals surface area contributed by atoms with E-state index in [-0.39, 0.29) is 18.1 Å². The molecule has 0 atom stereocenters. The van der Waals surface area contributed by atoms with Crippen LogP contribution in [0.15, 0.2) is 53.3 Å². The lowest BCUT2D eigenvalue weighted by molar-refractivity contribution is -0.117. The van der Waals surface area contributed by atoms with Crippen LogP contribution in [0.1, 0.15) is 35.4 Å². The molecule has 0 unspecified atom stereocenters. The lowest BCUT2D eigenvalue weighted by atomic mass is 10.1. The summed E-state index contributed by atoms with van der Waals surface area (Å²) in [6, 6.07) is 13.4. The van der Waals surface area contributed by atoms with E-state index in [0.717, 1.165) is 31.5 Å². The van der Waals surface area contributed by atoms with Crippen LogP contribution in [0.4, 0.5) is 11.4 Å². The SMILES string of the molecule is O=C(Cn1nc2n(c1=O)CCCCC2)Nc1ccccc1C(=O)Nc1ccc(Cl)cc1. The summed E-state index contributed by atoms with van der Waals surface area (Å²) in [7, 11) is 0. The number of aromatic nitrogens is 3. The van der Waals surface area contributed by atoms with E-state index in [1.807, 2.05) is 0 Å². The van der Waals surface area contributed by atoms with E-state index in [1.165, 1.54) is 4.68 Å². The first kappa shape index (κ1) is 20.9. The molecule has 2 amide bonds. The van der Waals surface area contributed by atoms with Crippen molar-refractivity contribution >= 4 is 34.8 Å². The van der Waals surface area contributed by atoms with Gasteiger partial charge in [0.15, 0.2) is 0 Å². The molecule has 31 heavy (non-hydrogen) atoms. The van der Waals surface area contributed by atoms with Gasteiger partial charge in [0.25, 0.3) is 5.91 Å². The minimum atomic E-state index is -0.429. The highest BCUT2D eigenvalue weighted by molar-refractivity contribution is 6.30. The molecule has 0 radical (unpaired) electrons. The fourth-order valence-corrected chi connectivity index (χ4v) is 3.70. The summed E-state index contributed by atoms with van der Waals surface area (Å²) in [6.45, 7) is 0.412. The Morgan fingerprint density at radius 1 is 1.00 bits per heavy atom. The Balaban J connectivity index is 1.47. The zero-order valence-electron chi connectivity index (χ0n) is 16.8. The van der Waals surface area contributed by atoms with Crippen LogP contribution < -0.4 is 16.3 Å². The van der Waals surface area contributed by atoms with E-state index in [1.54, 1.807) is 53.1 Å². The van der Waals surface area contributed by atoms with Crippen LogP contribution in [-0.2, 0) is 24.3 Å². The first-order valence-electron chi connectivity index (χ1n) is 10.1. The number of nitrogens with zero attached hydrogens (tertiary/aromatic N) is 3. The third-order valence-electron chi connectivity index (χ3n) is 5.12. The van der Waals surface area contributed by atoms with E-state index >= 15 is 0 Å². The number of benzene rings is 2. The van der Waals surface area contributed by atoms with Crippen LogP contribution in [0.3, 0.4) is 0 Å². The van der Waals surface area contributed by atoms with Crippen molar-refractivity contribution in [2.45, 2.75) is 38.8 Å². The summed E-state index contributed by atoms with van der Waals surface area (Å²) >= 11 is 5.88. The normalized spacial score (nSPS) is 13.2. The molecule has 2 heterocycles. The van der Waals surface area contributed by atoms with Crippen LogP contribution in [0.2, 0.25) is 5.02 Å². The van der Waals surface area contributed by atoms with E-state index in [2.05, 4.69) is 15.7 Å². The van der Waals surface area contributed by atoms with Crippen LogP contribution >= 0.6 is 11.6 Å². The van der Waals surface area contributed by atoms with Crippen molar-refractivity contribution in [3.05, 3.63) is 75.4 Å². The summed E-state index contributed by atoms with van der Waals surface area (Å²) < 4.78 is 2.83. The quantitative estimate of drug-likeness (QED) is 0.637. The minimum Gasteiger partial charge on any atom is -0.324 e. The molecule has 4 rings (SSSR count). The second-order valence-electron chi connectivity index (χ2n) is 7.37. The second-order valence-corrected chi connectivity index (χ2v) is 7.81. The van der Waals surface area contributed by atoms with Gasteiger partial charge in [0, 0.05) is 23.7 Å². The van der Waals surface area contributed by atoms with Crippen LogP contribution in [0, 0.1) is 0 Å². The van der Waals surface area contributed by atoms with E-state index in [4.69, 9.17) is 11.6 Å². The molecule has 9 heteroatoms. The zero-order valence-corrected chi connectivity index (χ0v) is 17.6. The number of hydrogen-bond acceptors (Lipinski definition) is 4. The number of halogens is 1. The van der Waals surface area contributed by atoms with Gasteiger partial charge < -0.3 is 10.6 Å². The molecule has 0 bridgehead atoms. The molecule has 2 N–H and O–H groups in total. The summed E-state index contributed by atoms with van der Waals surface area (Å²) in [5.74, 6) is -0.0794. The predicted molar refractivity (Wildman–Crippen MR) is 119 cm³/mol. The number of carbonyl (C=O) groups is 2. The molecular weight excluding hydrogens is 418 g/mol. The maximum absolute atomic E-state index is 12.7. The largest absolute Gasteiger partial charge is 0.346 e. The molecule has 3 aromatic rings. The molecular formula is C22H22ClN5O3. The van der Waals surface area contributed by atoms with Crippen LogP contribution in [0.5, 0.6) is 0 Å². The number of amides is 2.